The summed E-state index contributed by atoms with van der Waals surface area (Å²) in [5.41, 5.74) is 3.04. The zero-order valence-electron chi connectivity index (χ0n) is 21.7. The van der Waals surface area contributed by atoms with Crippen molar-refractivity contribution < 1.29 is 24.5 Å². The van der Waals surface area contributed by atoms with Crippen molar-refractivity contribution in [3.05, 3.63) is 59.4 Å². The van der Waals surface area contributed by atoms with Gasteiger partial charge in [0.2, 0.25) is 5.91 Å². The van der Waals surface area contributed by atoms with E-state index >= 15 is 0 Å². The predicted octanol–water partition coefficient (Wildman–Crippen LogP) is 3.13. The summed E-state index contributed by atoms with van der Waals surface area (Å²) in [5.74, 6) is -0.796. The third kappa shape index (κ3) is 6.67. The zero-order valence-corrected chi connectivity index (χ0v) is 21.7. The maximum atomic E-state index is 13.4. The number of aliphatic hydroxyl groups excluding tert-OH is 1. The number of likely N-dealkylation sites (tertiary alicyclic amines) is 1. The Morgan fingerprint density at radius 2 is 2.03 bits per heavy atom. The number of rotatable bonds is 13. The minimum Gasteiger partial charge on any atom is -0.493 e. The standard InChI is InChI=1S/C29H39N3O5/c1-2-3-14-31(15-6-16-33)27(34)20-32-19-24(21-8-11-26-22(18-21)12-17-37-26)28(29(35)36)25(32)10-9-23-7-4-5-13-30-23/h4-5,7-8,11,13,18,24-25,28,33H,2-3,6,9-10,12,14-17,19-20H2,1H3,(H,35,36). The van der Waals surface area contributed by atoms with Gasteiger partial charge in [0, 0.05) is 56.5 Å². The molecule has 200 valence electrons. The van der Waals surface area contributed by atoms with Crippen LogP contribution in [0.15, 0.2) is 42.6 Å². The van der Waals surface area contributed by atoms with Crippen molar-refractivity contribution in [2.45, 2.75) is 57.4 Å². The summed E-state index contributed by atoms with van der Waals surface area (Å²) in [6, 6.07) is 11.5. The third-order valence-electron chi connectivity index (χ3n) is 7.66. The van der Waals surface area contributed by atoms with E-state index in [1.165, 1.54) is 0 Å². The summed E-state index contributed by atoms with van der Waals surface area (Å²) in [6.07, 6.45) is 6.25. The number of aromatic nitrogens is 1. The molecule has 1 saturated heterocycles. The number of benzene rings is 1. The summed E-state index contributed by atoms with van der Waals surface area (Å²) in [5, 5.41) is 19.7. The summed E-state index contributed by atoms with van der Waals surface area (Å²) < 4.78 is 5.66. The van der Waals surface area contributed by atoms with Crippen molar-refractivity contribution >= 4 is 11.9 Å². The average molecular weight is 510 g/mol. The Bertz CT molecular complexity index is 1040. The molecule has 1 aromatic heterocycles. The van der Waals surface area contributed by atoms with Crippen LogP contribution in [0.1, 0.15) is 55.3 Å². The molecule has 3 atom stereocenters. The summed E-state index contributed by atoms with van der Waals surface area (Å²) >= 11 is 0. The van der Waals surface area contributed by atoms with Gasteiger partial charge in [0.25, 0.3) is 0 Å². The van der Waals surface area contributed by atoms with Crippen LogP contribution in [0.2, 0.25) is 0 Å². The maximum absolute atomic E-state index is 13.4. The molecule has 2 aromatic rings. The topological polar surface area (TPSA) is 103 Å². The van der Waals surface area contributed by atoms with E-state index in [-0.39, 0.29) is 31.0 Å². The van der Waals surface area contributed by atoms with Gasteiger partial charge >= 0.3 is 5.97 Å². The molecule has 0 spiro atoms. The van der Waals surface area contributed by atoms with Crippen LogP contribution >= 0.6 is 0 Å². The Hall–Kier alpha value is -2.97. The summed E-state index contributed by atoms with van der Waals surface area (Å²) in [6.45, 7) is 4.63. The van der Waals surface area contributed by atoms with E-state index in [2.05, 4.69) is 22.9 Å². The zero-order chi connectivity index (χ0) is 26.2. The Morgan fingerprint density at radius 1 is 1.19 bits per heavy atom. The molecule has 2 aliphatic rings. The first-order valence-corrected chi connectivity index (χ1v) is 13.5. The molecule has 8 nitrogen and oxygen atoms in total. The van der Waals surface area contributed by atoms with E-state index in [0.717, 1.165) is 41.8 Å². The van der Waals surface area contributed by atoms with Gasteiger partial charge in [-0.1, -0.05) is 31.5 Å². The number of carbonyl (C=O) groups excluding carboxylic acids is 1. The number of hydrogen-bond donors (Lipinski definition) is 2. The molecule has 2 N–H and O–H groups in total. The fourth-order valence-corrected chi connectivity index (χ4v) is 5.71. The largest absolute Gasteiger partial charge is 0.493 e. The molecular weight excluding hydrogens is 470 g/mol. The molecular formula is C29H39N3O5. The van der Waals surface area contributed by atoms with Crippen LogP contribution < -0.4 is 4.74 Å². The highest BCUT2D eigenvalue weighted by Gasteiger charge is 2.47. The van der Waals surface area contributed by atoms with Crippen LogP contribution in [0.3, 0.4) is 0 Å². The monoisotopic (exact) mass is 509 g/mol. The lowest BCUT2D eigenvalue weighted by Gasteiger charge is -2.29. The van der Waals surface area contributed by atoms with Crippen LogP contribution in [0.4, 0.5) is 0 Å². The average Bonchev–Trinajstić information content (AvgIpc) is 3.52. The second-order valence-corrected chi connectivity index (χ2v) is 10.1. The number of pyridine rings is 1. The van der Waals surface area contributed by atoms with Gasteiger partial charge in [-0.05, 0) is 55.0 Å². The fourth-order valence-electron chi connectivity index (χ4n) is 5.71. The van der Waals surface area contributed by atoms with Gasteiger partial charge in [-0.3, -0.25) is 19.5 Å². The number of aliphatic hydroxyl groups is 1. The molecule has 2 aliphatic heterocycles. The van der Waals surface area contributed by atoms with Crippen molar-refractivity contribution in [2.75, 3.05) is 39.4 Å². The number of aliphatic carboxylic acids is 1. The van der Waals surface area contributed by atoms with Crippen LogP contribution in [0.5, 0.6) is 5.75 Å². The van der Waals surface area contributed by atoms with Gasteiger partial charge in [-0.2, -0.15) is 0 Å². The van der Waals surface area contributed by atoms with E-state index in [4.69, 9.17) is 4.74 Å². The van der Waals surface area contributed by atoms with E-state index in [0.29, 0.717) is 45.5 Å². The Balaban J connectivity index is 1.59. The third-order valence-corrected chi connectivity index (χ3v) is 7.66. The Kier molecular flexibility index (Phi) is 9.52. The van der Waals surface area contributed by atoms with Crippen molar-refractivity contribution in [2.24, 2.45) is 5.92 Å². The lowest BCUT2D eigenvalue weighted by molar-refractivity contribution is -0.143. The lowest BCUT2D eigenvalue weighted by atomic mass is 9.83. The molecule has 0 saturated carbocycles. The van der Waals surface area contributed by atoms with Crippen LogP contribution in [-0.2, 0) is 22.4 Å². The van der Waals surface area contributed by atoms with E-state index in [1.54, 1.807) is 6.20 Å². The SMILES string of the molecule is CCCCN(CCCO)C(=O)CN1CC(c2ccc3c(c2)CCO3)C(C(=O)O)C1CCc1ccccn1. The highest BCUT2D eigenvalue weighted by atomic mass is 16.5. The van der Waals surface area contributed by atoms with Gasteiger partial charge in [-0.15, -0.1) is 0 Å². The van der Waals surface area contributed by atoms with Crippen LogP contribution in [0.25, 0.3) is 0 Å². The predicted molar refractivity (Wildman–Crippen MR) is 141 cm³/mol. The molecule has 1 amide bonds. The van der Waals surface area contributed by atoms with Gasteiger partial charge in [0.1, 0.15) is 5.75 Å². The van der Waals surface area contributed by atoms with Gasteiger partial charge in [0.15, 0.2) is 0 Å². The van der Waals surface area contributed by atoms with Crippen molar-refractivity contribution in [1.29, 1.82) is 0 Å². The van der Waals surface area contributed by atoms with Crippen molar-refractivity contribution in [3.8, 4) is 5.75 Å². The summed E-state index contributed by atoms with van der Waals surface area (Å²) in [7, 11) is 0. The van der Waals surface area contributed by atoms with Gasteiger partial charge < -0.3 is 19.8 Å². The fraction of sp³-hybridized carbons (Fsp3) is 0.552. The first-order valence-electron chi connectivity index (χ1n) is 13.5. The maximum Gasteiger partial charge on any atom is 0.308 e. The number of nitrogens with zero attached hydrogens (tertiary/aromatic N) is 3. The van der Waals surface area contributed by atoms with Crippen molar-refractivity contribution in [1.82, 2.24) is 14.8 Å². The smallest absolute Gasteiger partial charge is 0.308 e. The number of unbranched alkanes of at least 4 members (excludes halogenated alkanes) is 1. The number of carboxylic acids is 1. The first kappa shape index (κ1) is 27.1. The molecule has 1 aromatic carbocycles. The molecule has 0 aliphatic carbocycles. The number of aryl methyl sites for hydroxylation is 1. The number of fused-ring (bicyclic) bond motifs is 1. The molecule has 1 fully saturated rings. The molecule has 3 unspecified atom stereocenters. The minimum absolute atomic E-state index is 0.00289. The number of ether oxygens (including phenoxy) is 1. The van der Waals surface area contributed by atoms with Crippen LogP contribution in [0, 0.1) is 5.92 Å². The number of carbonyl (C=O) groups is 2. The Labute approximate surface area is 219 Å². The Morgan fingerprint density at radius 3 is 2.76 bits per heavy atom. The lowest BCUT2D eigenvalue weighted by Crippen LogP contribution is -2.45. The molecule has 0 radical (unpaired) electrons. The molecule has 8 heteroatoms. The quantitative estimate of drug-likeness (QED) is 0.428. The second kappa shape index (κ2) is 13.0. The molecule has 4 rings (SSSR count). The minimum atomic E-state index is -0.828. The number of carboxylic acid groups (broad SMARTS) is 1. The first-order chi connectivity index (χ1) is 18.0. The second-order valence-electron chi connectivity index (χ2n) is 10.1. The van der Waals surface area contributed by atoms with Crippen LogP contribution in [-0.4, -0.2) is 82.3 Å². The van der Waals surface area contributed by atoms with Gasteiger partial charge in [-0.25, -0.2) is 0 Å². The van der Waals surface area contributed by atoms with Crippen molar-refractivity contribution in [3.63, 3.8) is 0 Å². The highest BCUT2D eigenvalue weighted by Crippen LogP contribution is 2.41. The van der Waals surface area contributed by atoms with Gasteiger partial charge in [0.05, 0.1) is 19.1 Å². The van der Waals surface area contributed by atoms with E-state index < -0.39 is 11.9 Å². The highest BCUT2D eigenvalue weighted by molar-refractivity contribution is 5.79. The van der Waals surface area contributed by atoms with E-state index in [1.807, 2.05) is 35.2 Å². The number of hydrogen-bond acceptors (Lipinski definition) is 6. The molecule has 3 heterocycles. The normalized spacial score (nSPS) is 21.0. The molecule has 37 heavy (non-hydrogen) atoms. The molecule has 0 bridgehead atoms. The van der Waals surface area contributed by atoms with E-state index in [9.17, 15) is 19.8 Å². The number of amides is 1. The summed E-state index contributed by atoms with van der Waals surface area (Å²) in [4.78, 5) is 34.5.